The summed E-state index contributed by atoms with van der Waals surface area (Å²) in [4.78, 5) is 0. The van der Waals surface area contributed by atoms with Crippen molar-refractivity contribution in [3.8, 4) is 39.9 Å². The molecular formula is C85H65N5S2. The van der Waals surface area contributed by atoms with Gasteiger partial charge in [0.15, 0.2) is 0 Å². The number of aryl methyl sites for hydroxylation is 4. The van der Waals surface area contributed by atoms with Gasteiger partial charge >= 0.3 is 0 Å². The van der Waals surface area contributed by atoms with E-state index in [1.807, 2.05) is 22.7 Å². The van der Waals surface area contributed by atoms with Crippen LogP contribution in [0.2, 0.25) is 0 Å². The van der Waals surface area contributed by atoms with Crippen molar-refractivity contribution in [3.63, 3.8) is 0 Å². The van der Waals surface area contributed by atoms with Crippen molar-refractivity contribution < 1.29 is 0 Å². The molecule has 0 spiro atoms. The Hall–Kier alpha value is -10.2. The molecule has 0 radical (unpaired) electrons. The molecule has 12 aromatic carbocycles. The van der Waals surface area contributed by atoms with Crippen LogP contribution in [0.15, 0.2) is 212 Å². The summed E-state index contributed by atoms with van der Waals surface area (Å²) in [6.45, 7) is 23.0. The predicted octanol–water partition coefficient (Wildman–Crippen LogP) is 24.2. The van der Waals surface area contributed by atoms with Gasteiger partial charge in [0, 0.05) is 79.6 Å². The number of hydrogen-bond acceptors (Lipinski definition) is 3. The molecule has 0 amide bonds. The third-order valence-electron chi connectivity index (χ3n) is 19.9. The Balaban J connectivity index is 1.23. The van der Waals surface area contributed by atoms with Crippen molar-refractivity contribution in [2.75, 3.05) is 0 Å². The molecule has 18 rings (SSSR count). The largest absolute Gasteiger partial charge is 0.306 e. The lowest BCUT2D eigenvalue weighted by atomic mass is 9.78. The Morgan fingerprint density at radius 1 is 0.315 bits per heavy atom. The topological polar surface area (TPSA) is 43.5 Å². The van der Waals surface area contributed by atoms with E-state index >= 15 is 0 Å². The quantitative estimate of drug-likeness (QED) is 0.169. The molecule has 0 aliphatic rings. The number of thiophene rings is 2. The van der Waals surface area contributed by atoms with Crippen LogP contribution in [-0.4, -0.2) is 18.3 Å². The molecule has 6 aromatic heterocycles. The molecule has 92 heavy (non-hydrogen) atoms. The van der Waals surface area contributed by atoms with Crippen molar-refractivity contribution in [1.29, 1.82) is 5.26 Å². The van der Waals surface area contributed by atoms with Crippen LogP contribution in [0.3, 0.4) is 0 Å². The fraction of sp³-hybridized carbons (Fsp3) is 0.141. The molecule has 0 aliphatic carbocycles. The van der Waals surface area contributed by atoms with Gasteiger partial charge in [0.05, 0.1) is 76.3 Å². The Labute approximate surface area is 541 Å². The van der Waals surface area contributed by atoms with E-state index in [4.69, 9.17) is 0 Å². The van der Waals surface area contributed by atoms with Crippen molar-refractivity contribution >= 4 is 150 Å². The number of benzene rings is 12. The van der Waals surface area contributed by atoms with Gasteiger partial charge in [0.1, 0.15) is 11.6 Å². The maximum atomic E-state index is 13.7. The number of fused-ring (bicyclic) bond motifs is 20. The van der Waals surface area contributed by atoms with Crippen LogP contribution in [0.1, 0.15) is 80.5 Å². The zero-order valence-corrected chi connectivity index (χ0v) is 54.9. The van der Waals surface area contributed by atoms with Crippen LogP contribution in [0.5, 0.6) is 0 Å². The van der Waals surface area contributed by atoms with Crippen molar-refractivity contribution in [2.45, 2.75) is 80.1 Å². The van der Waals surface area contributed by atoms with Gasteiger partial charge in [0.25, 0.3) is 0 Å². The normalized spacial score (nSPS) is 12.7. The molecule has 6 heterocycles. The molecule has 0 saturated heterocycles. The molecule has 0 aliphatic heterocycles. The first-order chi connectivity index (χ1) is 44.5. The SMILES string of the molecule is Cc1ccc2c(c1)c1cc(C)ccc1n2-c1c(-c2cc(C(C)(C)C)cc(C(C)(C)C)c2)c(-n2c3ccc(C)cc3c3cc(C)ccc32)c(-n2c3ccccc3c3ccc4c5ccccc5sc4c32)c(C#N)c1-n1c2ccccc2c2ccc3c4ccccc4sc3c21. The summed E-state index contributed by atoms with van der Waals surface area (Å²) in [6, 6.07) is 83.7. The van der Waals surface area contributed by atoms with E-state index in [9.17, 15) is 5.26 Å². The third-order valence-corrected chi connectivity index (χ3v) is 22.3. The predicted molar refractivity (Wildman–Crippen MR) is 396 cm³/mol. The van der Waals surface area contributed by atoms with Gasteiger partial charge in [-0.3, -0.25) is 0 Å². The summed E-state index contributed by atoms with van der Waals surface area (Å²) in [5, 5.41) is 27.7. The highest BCUT2D eigenvalue weighted by Crippen LogP contribution is 2.55. The summed E-state index contributed by atoms with van der Waals surface area (Å²) in [6.07, 6.45) is 0. The van der Waals surface area contributed by atoms with Crippen LogP contribution in [0, 0.1) is 39.0 Å². The Kier molecular flexibility index (Phi) is 11.5. The zero-order chi connectivity index (χ0) is 62.5. The number of hydrogen-bond donors (Lipinski definition) is 0. The van der Waals surface area contributed by atoms with Gasteiger partial charge in [-0.1, -0.05) is 203 Å². The molecule has 0 unspecified atom stereocenters. The van der Waals surface area contributed by atoms with Gasteiger partial charge in [-0.15, -0.1) is 22.7 Å². The van der Waals surface area contributed by atoms with E-state index in [0.717, 1.165) is 121 Å². The lowest BCUT2D eigenvalue weighted by Crippen LogP contribution is -2.19. The highest BCUT2D eigenvalue weighted by Gasteiger charge is 2.37. The second kappa shape index (κ2) is 19.4. The van der Waals surface area contributed by atoms with Gasteiger partial charge < -0.3 is 18.3 Å². The minimum Gasteiger partial charge on any atom is -0.306 e. The molecule has 5 nitrogen and oxygen atoms in total. The van der Waals surface area contributed by atoms with Crippen LogP contribution in [-0.2, 0) is 10.8 Å². The summed E-state index contributed by atoms with van der Waals surface area (Å²) >= 11 is 3.69. The number of nitriles is 1. The number of nitrogens with zero attached hydrogens (tertiary/aromatic N) is 5. The van der Waals surface area contributed by atoms with Gasteiger partial charge in [-0.25, -0.2) is 0 Å². The highest BCUT2D eigenvalue weighted by atomic mass is 32.1. The van der Waals surface area contributed by atoms with Gasteiger partial charge in [0.2, 0.25) is 0 Å². The molecule has 0 atom stereocenters. The second-order valence-corrected chi connectivity index (χ2v) is 30.0. The Morgan fingerprint density at radius 3 is 1.02 bits per heavy atom. The minimum atomic E-state index is -0.266. The van der Waals surface area contributed by atoms with E-state index in [1.165, 1.54) is 73.7 Å². The lowest BCUT2D eigenvalue weighted by Gasteiger charge is -2.31. The van der Waals surface area contributed by atoms with E-state index in [-0.39, 0.29) is 10.8 Å². The van der Waals surface area contributed by atoms with Crippen molar-refractivity contribution in [3.05, 3.63) is 251 Å². The maximum absolute atomic E-state index is 13.7. The van der Waals surface area contributed by atoms with Crippen LogP contribution >= 0.6 is 22.7 Å². The van der Waals surface area contributed by atoms with Gasteiger partial charge in [-0.05, 0) is 128 Å². The molecule has 0 bridgehead atoms. The Bertz CT molecular complexity index is 5850. The summed E-state index contributed by atoms with van der Waals surface area (Å²) in [5.41, 5.74) is 21.3. The molecule has 18 aromatic rings. The second-order valence-electron chi connectivity index (χ2n) is 27.9. The number of rotatable bonds is 5. The summed E-state index contributed by atoms with van der Waals surface area (Å²) < 4.78 is 15.1. The molecule has 0 saturated carbocycles. The van der Waals surface area contributed by atoms with E-state index < -0.39 is 0 Å². The average molecular weight is 1220 g/mol. The summed E-state index contributed by atoms with van der Waals surface area (Å²) in [7, 11) is 0. The Morgan fingerprint density at radius 2 is 0.652 bits per heavy atom. The maximum Gasteiger partial charge on any atom is 0.104 e. The first kappa shape index (κ1) is 54.7. The number of aromatic nitrogens is 4. The standard InChI is InChI=1S/C85H65N5S2/c1-47-27-35-69-62(39-47)63-40-48(2)28-36-70(63)87(69)80-75(51-43-52(84(5,6)7)45-53(44-51)85(8,9)10)81(88-71-37-29-49(3)41-64(71)65-42-50(4)30-38-72(65)88)77(90-68-24-16-12-20-55(68)59-32-34-61-57-22-14-18-26-74(57)92-83(61)79(59)90)66(46-86)76(80)89-67-23-15-11-19-54(67)58-31-33-60-56-21-13-17-25-73(56)91-82(60)78(58)89/h11-45H,1-10H3. The fourth-order valence-corrected chi connectivity index (χ4v) is 18.0. The van der Waals surface area contributed by atoms with Crippen LogP contribution < -0.4 is 0 Å². The third kappa shape index (κ3) is 7.69. The monoisotopic (exact) mass is 1220 g/mol. The molecular weight excluding hydrogens is 1160 g/mol. The summed E-state index contributed by atoms with van der Waals surface area (Å²) in [5.74, 6) is 0. The molecule has 442 valence electrons. The van der Waals surface area contributed by atoms with Crippen LogP contribution in [0.25, 0.3) is 161 Å². The van der Waals surface area contributed by atoms with E-state index in [2.05, 4.69) is 306 Å². The first-order valence-electron chi connectivity index (χ1n) is 32.0. The average Bonchev–Trinajstić information content (AvgIpc) is 1.48. The molecule has 0 N–H and O–H groups in total. The van der Waals surface area contributed by atoms with Crippen molar-refractivity contribution in [2.24, 2.45) is 0 Å². The fourth-order valence-electron chi connectivity index (χ4n) is 15.5. The van der Waals surface area contributed by atoms with E-state index in [1.54, 1.807) is 0 Å². The number of para-hydroxylation sites is 2. The minimum absolute atomic E-state index is 0.266. The zero-order valence-electron chi connectivity index (χ0n) is 53.3. The van der Waals surface area contributed by atoms with E-state index in [0.29, 0.717) is 5.56 Å². The van der Waals surface area contributed by atoms with Gasteiger partial charge in [-0.2, -0.15) is 5.26 Å². The first-order valence-corrected chi connectivity index (χ1v) is 33.7. The van der Waals surface area contributed by atoms with Crippen molar-refractivity contribution in [1.82, 2.24) is 18.3 Å². The van der Waals surface area contributed by atoms with Crippen LogP contribution in [0.4, 0.5) is 0 Å². The lowest BCUT2D eigenvalue weighted by molar-refractivity contribution is 0.569. The molecule has 0 fully saturated rings. The smallest absolute Gasteiger partial charge is 0.104 e. The molecule has 7 heteroatoms. The highest BCUT2D eigenvalue weighted by molar-refractivity contribution is 7.27.